The van der Waals surface area contributed by atoms with Gasteiger partial charge in [0.05, 0.1) is 29.1 Å². The Kier molecular flexibility index (Phi) is 11.6. The number of phenolic OH excluding ortho intramolecular Hbond substituents is 1. The first-order valence-electron chi connectivity index (χ1n) is 26.9. The predicted molar refractivity (Wildman–Crippen MR) is 276 cm³/mol. The summed E-state index contributed by atoms with van der Waals surface area (Å²) in [6.45, 7) is 10.0. The van der Waals surface area contributed by atoms with E-state index in [9.17, 15) is 14.7 Å². The number of carbonyl (C=O) groups excluding carboxylic acids is 2. The highest BCUT2D eigenvalue weighted by Gasteiger charge is 2.57. The quantitative estimate of drug-likeness (QED) is 0.105. The Labute approximate surface area is 427 Å². The number of halogens is 3. The lowest BCUT2D eigenvalue weighted by Crippen LogP contribution is -2.60. The fourth-order valence-electron chi connectivity index (χ4n) is 13.9. The molecule has 7 fully saturated rings. The number of ether oxygens (including phenoxy) is 1. The standard InChI is InChI=1S/C56H64F3N11O4/c1-3-38-43(57)10-4-33-22-37(71)24-41(46(33)38)49-47(58)50-42(25-60-49)51(70-26-34-5-6-35(27-70)61-34)64-53(63-50)74-32-55(12-13-55)30-67-16-14-54(15-17-67)28-56(59,29-54)31-68-18-20-69(21-19-68)36-7-8-39-44(23-36)66(2)65-48(39)40-9-11-45(72)62-52(40)73/h4,7-8,10,22-25,34-35,40,61,71H,3,5-6,9,11-21,26-32H2,1-2H3,(H,62,72,73). The van der Waals surface area contributed by atoms with Gasteiger partial charge in [-0.15, -0.1) is 0 Å². The number of piperidine rings is 2. The number of likely N-dealkylation sites (tertiary alicyclic amines) is 1. The number of hydrogen-bond donors (Lipinski definition) is 3. The number of anilines is 2. The largest absolute Gasteiger partial charge is 0.508 e. The molecule has 2 amide bonds. The highest BCUT2D eigenvalue weighted by Crippen LogP contribution is 2.58. The summed E-state index contributed by atoms with van der Waals surface area (Å²) in [6, 6.07) is 12.9. The number of amides is 2. The average molecular weight is 1010 g/mol. The van der Waals surface area contributed by atoms with E-state index in [-0.39, 0.29) is 45.6 Å². The predicted octanol–water partition coefficient (Wildman–Crippen LogP) is 7.30. The SMILES string of the molecule is CCc1c(F)ccc2cc(O)cc(-c3ncc4c(N5CC6CCC(C5)N6)nc(OCC5(CN6CCC7(CC6)CC(F)(CN6CCN(c8ccc9c(C%10CCC(=O)NC%10=O)nn(C)c9c8)CC6)C7)CC5)nc4c3F)c12. The van der Waals surface area contributed by atoms with Crippen LogP contribution in [0.5, 0.6) is 11.8 Å². The number of hydrogen-bond acceptors (Lipinski definition) is 13. The van der Waals surface area contributed by atoms with E-state index in [1.54, 1.807) is 18.3 Å². The van der Waals surface area contributed by atoms with Crippen molar-refractivity contribution in [3.8, 4) is 23.0 Å². The molecule has 6 aromatic rings. The zero-order valence-electron chi connectivity index (χ0n) is 42.2. The van der Waals surface area contributed by atoms with E-state index < -0.39 is 23.2 Å². The first-order chi connectivity index (χ1) is 35.7. The average Bonchev–Trinajstić information content (AvgIpc) is 3.96. The summed E-state index contributed by atoms with van der Waals surface area (Å²) < 4.78 is 57.3. The number of imide groups is 1. The number of aryl methyl sites for hydroxylation is 2. The fourth-order valence-corrected chi connectivity index (χ4v) is 13.9. The van der Waals surface area contributed by atoms with Crippen molar-refractivity contribution in [3.05, 3.63) is 71.6 Å². The van der Waals surface area contributed by atoms with E-state index in [1.807, 2.05) is 24.7 Å². The van der Waals surface area contributed by atoms with Crippen LogP contribution in [0.2, 0.25) is 0 Å². The van der Waals surface area contributed by atoms with E-state index in [0.717, 1.165) is 101 Å². The van der Waals surface area contributed by atoms with Crippen molar-refractivity contribution in [2.24, 2.45) is 17.9 Å². The van der Waals surface area contributed by atoms with E-state index in [1.165, 1.54) is 12.1 Å². The molecule has 18 heteroatoms. The maximum Gasteiger partial charge on any atom is 0.319 e. The van der Waals surface area contributed by atoms with Crippen molar-refractivity contribution in [2.45, 2.75) is 101 Å². The number of pyridine rings is 1. The molecular formula is C56H64F3N11O4. The van der Waals surface area contributed by atoms with E-state index in [4.69, 9.17) is 19.8 Å². The summed E-state index contributed by atoms with van der Waals surface area (Å²) in [7, 11) is 1.89. The van der Waals surface area contributed by atoms with Gasteiger partial charge in [-0.25, -0.2) is 13.2 Å². The monoisotopic (exact) mass is 1010 g/mol. The smallest absolute Gasteiger partial charge is 0.319 e. The second-order valence-corrected chi connectivity index (χ2v) is 23.1. The Morgan fingerprint density at radius 3 is 2.34 bits per heavy atom. The second-order valence-electron chi connectivity index (χ2n) is 23.1. The number of aromatic hydroxyl groups is 1. The van der Waals surface area contributed by atoms with Crippen molar-refractivity contribution < 1.29 is 32.6 Å². The molecule has 3 aromatic carbocycles. The number of nitrogens with one attached hydrogen (secondary N) is 2. The van der Waals surface area contributed by atoms with Crippen LogP contribution in [0.15, 0.2) is 48.7 Å². The third-order valence-corrected chi connectivity index (χ3v) is 17.9. The lowest BCUT2D eigenvalue weighted by Gasteiger charge is -2.57. The maximum atomic E-state index is 17.2. The summed E-state index contributed by atoms with van der Waals surface area (Å²) in [5, 5.41) is 24.1. The molecule has 388 valence electrons. The molecule has 3 atom stereocenters. The Balaban J connectivity index is 0.642. The first-order valence-corrected chi connectivity index (χ1v) is 26.9. The van der Waals surface area contributed by atoms with Gasteiger partial charge < -0.3 is 29.9 Å². The Morgan fingerprint density at radius 2 is 1.61 bits per heavy atom. The highest BCUT2D eigenvalue weighted by molar-refractivity contribution is 6.03. The van der Waals surface area contributed by atoms with Gasteiger partial charge >= 0.3 is 6.01 Å². The van der Waals surface area contributed by atoms with E-state index in [2.05, 4.69) is 47.3 Å². The summed E-state index contributed by atoms with van der Waals surface area (Å²) >= 11 is 0. The minimum atomic E-state index is -1.18. The number of fused-ring (bicyclic) bond motifs is 5. The molecule has 3 unspecified atom stereocenters. The third kappa shape index (κ3) is 8.57. The highest BCUT2D eigenvalue weighted by atomic mass is 19.1. The minimum Gasteiger partial charge on any atom is -0.508 e. The molecule has 0 radical (unpaired) electrons. The Morgan fingerprint density at radius 1 is 0.851 bits per heavy atom. The van der Waals surface area contributed by atoms with Gasteiger partial charge in [0.1, 0.15) is 34.3 Å². The first kappa shape index (κ1) is 47.6. The van der Waals surface area contributed by atoms with Crippen molar-refractivity contribution in [2.75, 3.05) is 81.9 Å². The van der Waals surface area contributed by atoms with Crippen LogP contribution in [0.3, 0.4) is 0 Å². The molecular weight excluding hydrogens is 948 g/mol. The maximum absolute atomic E-state index is 17.2. The lowest BCUT2D eigenvalue weighted by atomic mass is 9.55. The minimum absolute atomic E-state index is 0.0201. The number of rotatable bonds is 12. The summed E-state index contributed by atoms with van der Waals surface area (Å²) in [6.07, 6.45) is 10.0. The second kappa shape index (κ2) is 18.0. The number of alkyl halides is 1. The number of nitrogens with zero attached hydrogens (tertiary/aromatic N) is 9. The van der Waals surface area contributed by atoms with Crippen molar-refractivity contribution in [3.63, 3.8) is 0 Å². The van der Waals surface area contributed by atoms with Crippen molar-refractivity contribution in [1.82, 2.24) is 45.2 Å². The number of phenols is 1. The van der Waals surface area contributed by atoms with Crippen LogP contribution in [0, 0.1) is 22.5 Å². The van der Waals surface area contributed by atoms with Crippen LogP contribution in [-0.4, -0.2) is 141 Å². The molecule has 13 rings (SSSR count). The number of aromatic nitrogens is 5. The number of benzene rings is 3. The van der Waals surface area contributed by atoms with E-state index in [0.29, 0.717) is 109 Å². The molecule has 2 aliphatic carbocycles. The van der Waals surface area contributed by atoms with Crippen LogP contribution in [0.1, 0.15) is 88.3 Å². The molecule has 7 aliphatic rings. The van der Waals surface area contributed by atoms with Crippen LogP contribution in [0.4, 0.5) is 24.7 Å². The molecule has 5 saturated heterocycles. The Bertz CT molecular complexity index is 3220. The fraction of sp³-hybridized carbons (Fsp3) is 0.536. The third-order valence-electron chi connectivity index (χ3n) is 17.9. The Hall–Kier alpha value is -6.11. The molecule has 2 saturated carbocycles. The van der Waals surface area contributed by atoms with Crippen LogP contribution >= 0.6 is 0 Å². The van der Waals surface area contributed by atoms with E-state index >= 15 is 13.2 Å². The molecule has 15 nitrogen and oxygen atoms in total. The van der Waals surface area contributed by atoms with Gasteiger partial charge in [-0.2, -0.15) is 15.1 Å². The molecule has 3 N–H and O–H groups in total. The number of carbonyl (C=O) groups is 2. The number of piperazine rings is 2. The zero-order chi connectivity index (χ0) is 50.7. The van der Waals surface area contributed by atoms with Gasteiger partial charge in [0.15, 0.2) is 5.82 Å². The molecule has 5 aliphatic heterocycles. The molecule has 2 bridgehead atoms. The molecule has 74 heavy (non-hydrogen) atoms. The normalized spacial score (nSPS) is 24.5. The van der Waals surface area contributed by atoms with Crippen molar-refractivity contribution >= 4 is 55.9 Å². The van der Waals surface area contributed by atoms with Crippen LogP contribution in [0.25, 0.3) is 43.8 Å². The topological polar surface area (TPSA) is 157 Å². The van der Waals surface area contributed by atoms with Gasteiger partial charge in [-0.3, -0.25) is 29.5 Å². The molecule has 1 spiro atoms. The van der Waals surface area contributed by atoms with Gasteiger partial charge in [0, 0.05) is 106 Å². The molecule has 8 heterocycles. The van der Waals surface area contributed by atoms with Gasteiger partial charge in [-0.1, -0.05) is 13.0 Å². The molecule has 3 aromatic heterocycles. The zero-order valence-corrected chi connectivity index (χ0v) is 42.2. The van der Waals surface area contributed by atoms with Gasteiger partial charge in [0.2, 0.25) is 11.8 Å². The van der Waals surface area contributed by atoms with Crippen LogP contribution in [-0.2, 0) is 23.1 Å². The van der Waals surface area contributed by atoms with Gasteiger partial charge in [0.25, 0.3) is 0 Å². The lowest BCUT2D eigenvalue weighted by molar-refractivity contribution is -0.134. The van der Waals surface area contributed by atoms with Crippen molar-refractivity contribution in [1.29, 1.82) is 0 Å². The van der Waals surface area contributed by atoms with Crippen LogP contribution < -0.4 is 25.2 Å². The van der Waals surface area contributed by atoms with Gasteiger partial charge in [-0.05, 0) is 135 Å². The summed E-state index contributed by atoms with van der Waals surface area (Å²) in [5.41, 5.74) is 2.31. The summed E-state index contributed by atoms with van der Waals surface area (Å²) in [5.74, 6) is -1.52. The summed E-state index contributed by atoms with van der Waals surface area (Å²) in [4.78, 5) is 48.1.